The molecule has 0 N–H and O–H groups in total. The van der Waals surface area contributed by atoms with Gasteiger partial charge in [-0.2, -0.15) is 0 Å². The van der Waals surface area contributed by atoms with Gasteiger partial charge in [0.05, 0.1) is 6.10 Å². The van der Waals surface area contributed by atoms with Crippen molar-refractivity contribution >= 4 is 18.6 Å². The summed E-state index contributed by atoms with van der Waals surface area (Å²) in [6.45, 7) is 5.63. The molecule has 0 amide bonds. The monoisotopic (exact) mass is 411 g/mol. The molecule has 0 radical (unpaired) electrons. The third kappa shape index (κ3) is 2.18. The van der Waals surface area contributed by atoms with Crippen LogP contribution in [-0.4, -0.2) is 48.2 Å². The number of quaternary nitrogens is 1. The maximum absolute atomic E-state index is 12.7. The van der Waals surface area contributed by atoms with Crippen LogP contribution in [0.25, 0.3) is 0 Å². The van der Waals surface area contributed by atoms with Gasteiger partial charge in [0.1, 0.15) is 18.6 Å². The Hall–Kier alpha value is -1.86. The Morgan fingerprint density at radius 2 is 1.70 bits per heavy atom. The Labute approximate surface area is 177 Å². The molecule has 0 spiro atoms. The van der Waals surface area contributed by atoms with Crippen LogP contribution in [0.1, 0.15) is 51.7 Å². The number of epoxide rings is 1. The van der Waals surface area contributed by atoms with E-state index in [0.29, 0.717) is 21.6 Å². The highest BCUT2D eigenvalue weighted by molar-refractivity contribution is 6.69. The lowest BCUT2D eigenvalue weighted by Crippen LogP contribution is -2.72. The molecule has 1 aromatic carbocycles. The molecule has 2 bridgehead atoms. The zero-order valence-corrected chi connectivity index (χ0v) is 18.0. The van der Waals surface area contributed by atoms with Gasteiger partial charge in [-0.15, -0.1) is 0 Å². The molecule has 1 unspecified atom stereocenters. The Kier molecular flexibility index (Phi) is 3.58. The molecule has 3 aliphatic carbocycles. The van der Waals surface area contributed by atoms with Gasteiger partial charge in [0.2, 0.25) is 0 Å². The Balaban J connectivity index is 1.37. The van der Waals surface area contributed by atoms with Gasteiger partial charge in [-0.3, -0.25) is 9.59 Å². The first-order valence-electron chi connectivity index (χ1n) is 11.4. The normalized spacial score (nSPS) is 47.8. The van der Waals surface area contributed by atoms with Crippen molar-refractivity contribution in [1.29, 1.82) is 0 Å². The van der Waals surface area contributed by atoms with Crippen LogP contribution in [0.2, 0.25) is 0 Å². The van der Waals surface area contributed by atoms with E-state index < -0.39 is 12.2 Å². The molecule has 6 aliphatic rings. The molecule has 7 heteroatoms. The molecule has 1 aromatic rings. The number of hydrogen-bond donors (Lipinski definition) is 0. The van der Waals surface area contributed by atoms with Crippen LogP contribution < -0.4 is 0 Å². The van der Waals surface area contributed by atoms with E-state index in [4.69, 9.17) is 14.0 Å². The number of fused-ring (bicyclic) bond motifs is 3. The van der Waals surface area contributed by atoms with E-state index in [2.05, 4.69) is 13.8 Å². The molecule has 160 valence electrons. The number of rotatable bonds is 4. The van der Waals surface area contributed by atoms with E-state index in [-0.39, 0.29) is 31.1 Å². The highest BCUT2D eigenvalue weighted by atomic mass is 16.7. The van der Waals surface area contributed by atoms with E-state index in [0.717, 1.165) is 24.4 Å². The van der Waals surface area contributed by atoms with Gasteiger partial charge in [0.15, 0.2) is 0 Å². The minimum absolute atomic E-state index is 0.208. The molecule has 6 nitrogen and oxygen atoms in total. The van der Waals surface area contributed by atoms with Gasteiger partial charge in [-0.05, 0) is 42.1 Å². The number of nitrogens with zero attached hydrogens (tertiary/aromatic N) is 1. The molecule has 3 heterocycles. The average Bonchev–Trinajstić information content (AvgIpc) is 3.23. The van der Waals surface area contributed by atoms with Crippen molar-refractivity contribution in [2.45, 2.75) is 51.6 Å². The van der Waals surface area contributed by atoms with Crippen molar-refractivity contribution in [2.24, 2.45) is 23.2 Å². The summed E-state index contributed by atoms with van der Waals surface area (Å²) in [7, 11) is 0. The van der Waals surface area contributed by atoms with Gasteiger partial charge in [-0.1, -0.05) is 51.1 Å². The molecule has 7 rings (SSSR count). The van der Waals surface area contributed by atoms with Crippen molar-refractivity contribution in [1.82, 2.24) is 0 Å². The fraction of sp³-hybridized carbons (Fsp3) is 0.652. The van der Waals surface area contributed by atoms with Gasteiger partial charge in [0.25, 0.3) is 0 Å². The largest absolute Gasteiger partial charge is 0.617 e. The number of ether oxygens (including phenoxy) is 1. The highest BCUT2D eigenvalue weighted by Gasteiger charge is 2.84. The van der Waals surface area contributed by atoms with Crippen LogP contribution in [0.15, 0.2) is 30.3 Å². The summed E-state index contributed by atoms with van der Waals surface area (Å²) in [4.78, 5) is 25.4. The van der Waals surface area contributed by atoms with Crippen LogP contribution in [0.5, 0.6) is 0 Å². The minimum atomic E-state index is -2.26. The van der Waals surface area contributed by atoms with E-state index in [1.54, 1.807) is 0 Å². The fourth-order valence-electron chi connectivity index (χ4n) is 7.71. The van der Waals surface area contributed by atoms with Crippen molar-refractivity contribution in [2.75, 3.05) is 19.6 Å². The van der Waals surface area contributed by atoms with Crippen LogP contribution in [0, 0.1) is 23.2 Å². The summed E-state index contributed by atoms with van der Waals surface area (Å²) in [5.41, 5.74) is 0.561. The third-order valence-corrected chi connectivity index (χ3v) is 9.45. The first-order valence-corrected chi connectivity index (χ1v) is 11.4. The van der Waals surface area contributed by atoms with Gasteiger partial charge >= 0.3 is 18.6 Å². The molecule has 5 atom stereocenters. The minimum Gasteiger partial charge on any atom is -0.598 e. The topological polar surface area (TPSA) is 65.1 Å². The van der Waals surface area contributed by atoms with Crippen LogP contribution >= 0.6 is 0 Å². The van der Waals surface area contributed by atoms with E-state index >= 15 is 0 Å². The van der Waals surface area contributed by atoms with Gasteiger partial charge < -0.3 is 18.4 Å². The Bertz CT molecular complexity index is 911. The first-order chi connectivity index (χ1) is 14.2. The second-order valence-electron chi connectivity index (χ2n) is 11.2. The van der Waals surface area contributed by atoms with E-state index in [9.17, 15) is 9.59 Å². The third-order valence-electron chi connectivity index (χ3n) is 9.45. The second kappa shape index (κ2) is 5.68. The zero-order chi connectivity index (χ0) is 20.9. The predicted octanol–water partition coefficient (Wildman–Crippen LogP) is 3.00. The summed E-state index contributed by atoms with van der Waals surface area (Å²) in [6, 6.07) is 9.95. The molecule has 0 aromatic heterocycles. The maximum atomic E-state index is 12.7. The number of benzene rings is 1. The SMILES string of the molecule is CC1(C)C2C[C@H]1CC[C@@H]2C[N+]12CC(=O)O[B-]1([C@]1(C)O[C@H]1c1ccccc1)OC(=O)C2. The van der Waals surface area contributed by atoms with Crippen molar-refractivity contribution < 1.29 is 28.0 Å². The fourth-order valence-corrected chi connectivity index (χ4v) is 7.71. The van der Waals surface area contributed by atoms with E-state index in [1.807, 2.05) is 37.3 Å². The zero-order valence-electron chi connectivity index (χ0n) is 18.0. The Morgan fingerprint density at radius 3 is 2.30 bits per heavy atom. The molecule has 3 saturated heterocycles. The lowest BCUT2D eigenvalue weighted by atomic mass is 9.45. The molecule has 30 heavy (non-hydrogen) atoms. The molecule has 3 saturated carbocycles. The maximum Gasteiger partial charge on any atom is 0.617 e. The highest BCUT2D eigenvalue weighted by Crippen LogP contribution is 2.64. The van der Waals surface area contributed by atoms with Crippen molar-refractivity contribution in [3.05, 3.63) is 35.9 Å². The van der Waals surface area contributed by atoms with Crippen LogP contribution in [0.3, 0.4) is 0 Å². The Morgan fingerprint density at radius 1 is 1.03 bits per heavy atom. The predicted molar refractivity (Wildman–Crippen MR) is 110 cm³/mol. The van der Waals surface area contributed by atoms with Crippen molar-refractivity contribution in [3.63, 3.8) is 0 Å². The molecule has 3 aliphatic heterocycles. The average molecular weight is 411 g/mol. The summed E-state index contributed by atoms with van der Waals surface area (Å²) < 4.78 is 18.5. The lowest BCUT2D eigenvalue weighted by Gasteiger charge is -2.61. The number of carbonyl (C=O) groups is 2. The number of hydrogen-bond acceptors (Lipinski definition) is 5. The first kappa shape index (κ1) is 18.9. The van der Waals surface area contributed by atoms with Crippen LogP contribution in [0.4, 0.5) is 0 Å². The summed E-state index contributed by atoms with van der Waals surface area (Å²) in [5.74, 6) is 1.39. The molecular formula is C23H30BNO5. The van der Waals surface area contributed by atoms with Gasteiger partial charge in [0, 0.05) is 12.5 Å². The molecular weight excluding hydrogens is 381 g/mol. The second-order valence-corrected chi connectivity index (χ2v) is 11.2. The standard InChI is InChI=1S/C23H30BNO5/c1-22(2)17-10-9-16(18(22)11-17)12-25-13-19(26)29-24(25,30-20(27)14-25)23(3)21(28-23)15-7-5-4-6-8-15/h4-8,16-18,21H,9-14H2,1-3H3/t16-,17-,18?,21+,23-,24?,25?/m1/s1. The van der Waals surface area contributed by atoms with Crippen molar-refractivity contribution in [3.8, 4) is 0 Å². The summed E-state index contributed by atoms with van der Waals surface area (Å²) in [6.07, 6.45) is 3.43. The summed E-state index contributed by atoms with van der Waals surface area (Å²) >= 11 is 0. The quantitative estimate of drug-likeness (QED) is 0.563. The molecule has 6 fully saturated rings. The lowest BCUT2D eigenvalue weighted by molar-refractivity contribution is -0.822. The van der Waals surface area contributed by atoms with Crippen LogP contribution in [-0.2, 0) is 23.6 Å². The van der Waals surface area contributed by atoms with Gasteiger partial charge in [-0.25, -0.2) is 0 Å². The van der Waals surface area contributed by atoms with E-state index in [1.165, 1.54) is 12.8 Å². The smallest absolute Gasteiger partial charge is 0.598 e. The number of carbonyl (C=O) groups excluding carboxylic acids is 2. The summed E-state index contributed by atoms with van der Waals surface area (Å²) in [5, 5.41) is 0.